The molecule has 214 valence electrons. The van der Waals surface area contributed by atoms with Crippen LogP contribution in [0.4, 0.5) is 5.69 Å². The molecular weight excluding hydrogens is 518 g/mol. The number of hydrogen-bond donors (Lipinski definition) is 1. The van der Waals surface area contributed by atoms with E-state index in [-0.39, 0.29) is 24.3 Å². The van der Waals surface area contributed by atoms with Gasteiger partial charge in [-0.1, -0.05) is 72.8 Å². The molecule has 6 rings (SSSR count). The van der Waals surface area contributed by atoms with E-state index >= 15 is 0 Å². The molecule has 4 heterocycles. The van der Waals surface area contributed by atoms with Gasteiger partial charge in [-0.05, 0) is 44.4 Å². The van der Waals surface area contributed by atoms with Crippen LogP contribution in [0.15, 0.2) is 72.8 Å². The minimum Gasteiger partial charge on any atom is -0.394 e. The number of fused-ring (bicyclic) bond motifs is 2. The highest BCUT2D eigenvalue weighted by molar-refractivity contribution is 6.06. The second kappa shape index (κ2) is 9.96. The average Bonchev–Trinajstić information content (AvgIpc) is 3.23. The van der Waals surface area contributed by atoms with E-state index in [4.69, 9.17) is 4.74 Å². The van der Waals surface area contributed by atoms with Crippen LogP contribution < -0.4 is 4.90 Å². The Kier molecular flexibility index (Phi) is 6.66. The second-order valence-electron chi connectivity index (χ2n) is 12.0. The number of likely N-dealkylation sites (tertiary alicyclic amines) is 1. The van der Waals surface area contributed by atoms with Gasteiger partial charge in [0.25, 0.3) is 5.91 Å². The summed E-state index contributed by atoms with van der Waals surface area (Å²) >= 11 is 0. The predicted octanol–water partition coefficient (Wildman–Crippen LogP) is 3.16. The molecule has 1 N–H and O–H groups in total. The topological polar surface area (TPSA) is 90.4 Å². The molecule has 2 fully saturated rings. The zero-order chi connectivity index (χ0) is 29.1. The monoisotopic (exact) mass is 555 g/mol. The first kappa shape index (κ1) is 27.4. The van der Waals surface area contributed by atoms with Gasteiger partial charge in [-0.25, -0.2) is 0 Å². The average molecular weight is 556 g/mol. The van der Waals surface area contributed by atoms with Crippen molar-refractivity contribution in [2.45, 2.75) is 57.5 Å². The lowest BCUT2D eigenvalue weighted by molar-refractivity contribution is -0.151. The molecule has 0 aliphatic carbocycles. The van der Waals surface area contributed by atoms with Gasteiger partial charge in [0.2, 0.25) is 11.8 Å². The summed E-state index contributed by atoms with van der Waals surface area (Å²) in [6.45, 7) is 8.29. The third kappa shape index (κ3) is 4.07. The smallest absolute Gasteiger partial charge is 0.253 e. The first-order valence-corrected chi connectivity index (χ1v) is 14.3. The van der Waals surface area contributed by atoms with E-state index in [1.54, 1.807) is 16.7 Å². The molecule has 2 aromatic rings. The van der Waals surface area contributed by atoms with Crippen LogP contribution in [0.3, 0.4) is 0 Å². The van der Waals surface area contributed by atoms with Crippen LogP contribution >= 0.6 is 0 Å². The molecule has 0 bridgehead atoms. The molecule has 41 heavy (non-hydrogen) atoms. The minimum absolute atomic E-state index is 0.175. The first-order chi connectivity index (χ1) is 19.6. The molecule has 8 nitrogen and oxygen atoms in total. The van der Waals surface area contributed by atoms with Gasteiger partial charge in [-0.15, -0.1) is 0 Å². The van der Waals surface area contributed by atoms with E-state index in [0.717, 1.165) is 22.4 Å². The van der Waals surface area contributed by atoms with Crippen molar-refractivity contribution in [2.24, 2.45) is 11.8 Å². The highest BCUT2D eigenvalue weighted by atomic mass is 16.5. The Morgan fingerprint density at radius 1 is 0.902 bits per heavy atom. The summed E-state index contributed by atoms with van der Waals surface area (Å²) in [5, 5.41) is 10.2. The van der Waals surface area contributed by atoms with Crippen molar-refractivity contribution in [3.05, 3.63) is 89.5 Å². The molecule has 0 aromatic heterocycles. The summed E-state index contributed by atoms with van der Waals surface area (Å²) in [6, 6.07) is 14.0. The van der Waals surface area contributed by atoms with Crippen molar-refractivity contribution in [1.82, 2.24) is 9.80 Å². The summed E-state index contributed by atoms with van der Waals surface area (Å²) in [4.78, 5) is 48.4. The van der Waals surface area contributed by atoms with Crippen LogP contribution in [0.1, 0.15) is 30.5 Å². The number of nitrogens with zero attached hydrogens (tertiary/aromatic N) is 3. The maximum atomic E-state index is 14.6. The molecule has 0 radical (unpaired) electrons. The normalized spacial score (nSPS) is 31.6. The summed E-state index contributed by atoms with van der Waals surface area (Å²) in [7, 11) is 0. The number of para-hydroxylation sites is 1. The standard InChI is InChI=1S/C33H37N3O5/c1-21-11-8-12-22(2)27(21)35-18-10-16-33-26(30(39)36(23(3)20-37)28(33)31(35)40)25-29(38)34(17-9-15-32(25,4)41-33)19-24-13-6-5-7-14-24/h5-16,23,25-26,28,37H,17-20H2,1-4H3/t23-,25+,26+,28?,32-,33+/m1/s1. The number of hydrogen-bond acceptors (Lipinski definition) is 5. The van der Waals surface area contributed by atoms with Crippen molar-refractivity contribution in [1.29, 1.82) is 0 Å². The Labute approximate surface area is 240 Å². The number of rotatable bonds is 5. The number of aryl methyl sites for hydroxylation is 2. The maximum absolute atomic E-state index is 14.6. The SMILES string of the molecule is Cc1cccc(C)c1N1CC=C[C@]23O[C@]4(C)C=CCN(Cc5ccccc5)C(=O)[C@@H]4[C@H]2C(=O)N([C@H](C)CO)C3C1=O. The number of aliphatic hydroxyl groups excluding tert-OH is 1. The highest BCUT2D eigenvalue weighted by Gasteiger charge is 2.75. The summed E-state index contributed by atoms with van der Waals surface area (Å²) < 4.78 is 6.89. The van der Waals surface area contributed by atoms with Crippen LogP contribution in [0.5, 0.6) is 0 Å². The van der Waals surface area contributed by atoms with Gasteiger partial charge in [0.1, 0.15) is 11.6 Å². The van der Waals surface area contributed by atoms with Crippen LogP contribution in [0.25, 0.3) is 0 Å². The van der Waals surface area contributed by atoms with E-state index in [0.29, 0.717) is 19.6 Å². The van der Waals surface area contributed by atoms with E-state index < -0.39 is 35.1 Å². The van der Waals surface area contributed by atoms with Crippen molar-refractivity contribution in [2.75, 3.05) is 24.6 Å². The van der Waals surface area contributed by atoms with Gasteiger partial charge in [0.15, 0.2) is 0 Å². The van der Waals surface area contributed by atoms with E-state index in [2.05, 4.69) is 0 Å². The van der Waals surface area contributed by atoms with E-state index in [9.17, 15) is 19.5 Å². The van der Waals surface area contributed by atoms with Crippen LogP contribution in [0, 0.1) is 25.7 Å². The molecular formula is C33H37N3O5. The molecule has 6 atom stereocenters. The zero-order valence-corrected chi connectivity index (χ0v) is 24.0. The molecule has 1 unspecified atom stereocenters. The third-order valence-corrected chi connectivity index (χ3v) is 9.24. The maximum Gasteiger partial charge on any atom is 0.253 e. The van der Waals surface area contributed by atoms with Crippen molar-refractivity contribution < 1.29 is 24.2 Å². The van der Waals surface area contributed by atoms with Gasteiger partial charge >= 0.3 is 0 Å². The van der Waals surface area contributed by atoms with Crippen LogP contribution in [-0.4, -0.2) is 75.6 Å². The Morgan fingerprint density at radius 3 is 2.27 bits per heavy atom. The van der Waals surface area contributed by atoms with Gasteiger partial charge < -0.3 is 24.5 Å². The summed E-state index contributed by atoms with van der Waals surface area (Å²) in [6.07, 6.45) is 7.56. The van der Waals surface area contributed by atoms with Gasteiger partial charge in [0, 0.05) is 25.3 Å². The van der Waals surface area contributed by atoms with E-state index in [1.165, 1.54) is 4.90 Å². The number of carbonyl (C=O) groups excluding carboxylic acids is 3. The van der Waals surface area contributed by atoms with Gasteiger partial charge in [0.05, 0.1) is 30.1 Å². The molecule has 4 aliphatic rings. The molecule has 8 heteroatoms. The number of anilines is 1. The summed E-state index contributed by atoms with van der Waals surface area (Å²) in [5.41, 5.74) is 1.24. The van der Waals surface area contributed by atoms with Crippen LogP contribution in [0.2, 0.25) is 0 Å². The molecule has 0 saturated carbocycles. The number of ether oxygens (including phenoxy) is 1. The number of benzene rings is 2. The molecule has 4 aliphatic heterocycles. The minimum atomic E-state index is -1.36. The largest absolute Gasteiger partial charge is 0.394 e. The Bertz CT molecular complexity index is 1430. The van der Waals surface area contributed by atoms with Crippen molar-refractivity contribution in [3.63, 3.8) is 0 Å². The van der Waals surface area contributed by atoms with Gasteiger partial charge in [-0.3, -0.25) is 14.4 Å². The summed E-state index contributed by atoms with van der Waals surface area (Å²) in [5.74, 6) is -2.54. The molecule has 3 amide bonds. The predicted molar refractivity (Wildman–Crippen MR) is 155 cm³/mol. The van der Waals surface area contributed by atoms with Crippen LogP contribution in [-0.2, 0) is 25.7 Å². The Hall–Kier alpha value is -3.75. The van der Waals surface area contributed by atoms with Gasteiger partial charge in [-0.2, -0.15) is 0 Å². The number of aliphatic hydroxyl groups is 1. The molecule has 1 spiro atoms. The number of carbonyl (C=O) groups is 3. The lowest BCUT2D eigenvalue weighted by atomic mass is 9.74. The third-order valence-electron chi connectivity index (χ3n) is 9.24. The lowest BCUT2D eigenvalue weighted by Gasteiger charge is -2.39. The first-order valence-electron chi connectivity index (χ1n) is 14.3. The fourth-order valence-electron chi connectivity index (χ4n) is 7.45. The molecule has 2 saturated heterocycles. The number of amides is 3. The zero-order valence-electron chi connectivity index (χ0n) is 24.0. The lowest BCUT2D eigenvalue weighted by Crippen LogP contribution is -2.58. The van der Waals surface area contributed by atoms with E-state index in [1.807, 2.05) is 93.6 Å². The second-order valence-corrected chi connectivity index (χ2v) is 12.0. The fraction of sp³-hybridized carbons (Fsp3) is 0.424. The fourth-order valence-corrected chi connectivity index (χ4v) is 7.45. The molecule has 2 aromatic carbocycles. The van der Waals surface area contributed by atoms with Crippen molar-refractivity contribution >= 4 is 23.4 Å². The Balaban J connectivity index is 1.46. The highest BCUT2D eigenvalue weighted by Crippen LogP contribution is 2.58. The quantitative estimate of drug-likeness (QED) is 0.573. The Morgan fingerprint density at radius 2 is 1.59 bits per heavy atom. The van der Waals surface area contributed by atoms with Crippen molar-refractivity contribution in [3.8, 4) is 0 Å².